The molecule has 1 aliphatic heterocycles. The number of nitrogens with one attached hydrogen (secondary N) is 2. The largest absolute Gasteiger partial charge is 0.490 e. The number of benzene rings is 1. The Balaban J connectivity index is 0.000000292. The molecule has 6 nitrogen and oxygen atoms in total. The van der Waals surface area contributed by atoms with Crippen LogP contribution in [0.2, 0.25) is 0 Å². The third-order valence-corrected chi connectivity index (χ3v) is 3.71. The van der Waals surface area contributed by atoms with Gasteiger partial charge in [-0.25, -0.2) is 0 Å². The van der Waals surface area contributed by atoms with Gasteiger partial charge in [0.2, 0.25) is 0 Å². The number of carbonyl (C=O) groups is 1. The molecule has 1 aliphatic rings. The van der Waals surface area contributed by atoms with Crippen molar-refractivity contribution in [1.82, 2.24) is 10.3 Å². The van der Waals surface area contributed by atoms with Gasteiger partial charge in [-0.1, -0.05) is 6.42 Å². The zero-order valence-electron chi connectivity index (χ0n) is 14.2. The van der Waals surface area contributed by atoms with Crippen molar-refractivity contribution in [3.63, 3.8) is 0 Å². The van der Waals surface area contributed by atoms with Gasteiger partial charge in [-0.05, 0) is 63.4 Å². The van der Waals surface area contributed by atoms with Gasteiger partial charge < -0.3 is 20.8 Å². The van der Waals surface area contributed by atoms with Crippen LogP contribution in [0.5, 0.6) is 5.75 Å². The van der Waals surface area contributed by atoms with Crippen LogP contribution in [0.25, 0.3) is 10.8 Å². The molecule has 3 rings (SSSR count). The average molecular weight is 331 g/mol. The van der Waals surface area contributed by atoms with Gasteiger partial charge in [0.15, 0.2) is 0 Å². The lowest BCUT2D eigenvalue weighted by Gasteiger charge is -2.13. The van der Waals surface area contributed by atoms with Crippen LogP contribution in [0.4, 0.5) is 0 Å². The first kappa shape index (κ1) is 18.0. The Morgan fingerprint density at radius 2 is 1.92 bits per heavy atom. The van der Waals surface area contributed by atoms with Crippen molar-refractivity contribution in [2.75, 3.05) is 13.1 Å². The molecule has 0 saturated carbocycles. The molecule has 0 radical (unpaired) electrons. The van der Waals surface area contributed by atoms with Crippen molar-refractivity contribution >= 4 is 16.7 Å². The summed E-state index contributed by atoms with van der Waals surface area (Å²) in [5.74, 6) is -0.241. The van der Waals surface area contributed by atoms with E-state index in [0.717, 1.165) is 0 Å². The minimum absolute atomic E-state index is 0.108. The van der Waals surface area contributed by atoms with Crippen molar-refractivity contribution < 1.29 is 9.53 Å². The molecule has 0 spiro atoms. The number of hydrogen-bond donors (Lipinski definition) is 3. The van der Waals surface area contributed by atoms with E-state index in [9.17, 15) is 9.59 Å². The summed E-state index contributed by atoms with van der Waals surface area (Å²) in [5.41, 5.74) is 5.37. The molecular formula is C18H25N3O3. The van der Waals surface area contributed by atoms with E-state index >= 15 is 0 Å². The summed E-state index contributed by atoms with van der Waals surface area (Å²) in [4.78, 5) is 25.6. The normalized spacial score (nSPS) is 14.1. The highest BCUT2D eigenvalue weighted by Crippen LogP contribution is 2.24. The number of rotatable bonds is 3. The molecule has 0 aliphatic carbocycles. The number of pyridine rings is 1. The summed E-state index contributed by atoms with van der Waals surface area (Å²) in [7, 11) is 0. The van der Waals surface area contributed by atoms with Crippen molar-refractivity contribution in [2.45, 2.75) is 39.2 Å². The van der Waals surface area contributed by atoms with Crippen LogP contribution in [0.3, 0.4) is 0 Å². The third kappa shape index (κ3) is 4.83. The number of aromatic amines is 1. The SMILES string of the molecule is C1CCNCC1.CC(C)Oc1cc2c(=O)[nH]ccc2cc1C(N)=O. The minimum atomic E-state index is -0.576. The van der Waals surface area contributed by atoms with Crippen LogP contribution >= 0.6 is 0 Å². The number of ether oxygens (including phenoxy) is 1. The molecule has 0 bridgehead atoms. The van der Waals surface area contributed by atoms with Gasteiger partial charge in [0, 0.05) is 6.20 Å². The lowest BCUT2D eigenvalue weighted by Crippen LogP contribution is -2.21. The fourth-order valence-electron chi connectivity index (χ4n) is 2.56. The van der Waals surface area contributed by atoms with E-state index in [2.05, 4.69) is 10.3 Å². The van der Waals surface area contributed by atoms with E-state index in [1.54, 1.807) is 18.2 Å². The van der Waals surface area contributed by atoms with E-state index < -0.39 is 5.91 Å². The highest BCUT2D eigenvalue weighted by atomic mass is 16.5. The summed E-state index contributed by atoms with van der Waals surface area (Å²) in [5, 5.41) is 4.41. The number of fused-ring (bicyclic) bond motifs is 1. The van der Waals surface area contributed by atoms with Gasteiger partial charge in [-0.15, -0.1) is 0 Å². The maximum Gasteiger partial charge on any atom is 0.255 e. The number of primary amides is 1. The number of piperidine rings is 1. The van der Waals surface area contributed by atoms with Crippen molar-refractivity contribution in [3.05, 3.63) is 40.3 Å². The second kappa shape index (κ2) is 8.49. The first-order valence-electron chi connectivity index (χ1n) is 8.31. The maximum atomic E-state index is 11.7. The number of H-pyrrole nitrogens is 1. The molecule has 1 fully saturated rings. The highest BCUT2D eigenvalue weighted by molar-refractivity contribution is 6.00. The van der Waals surface area contributed by atoms with Gasteiger partial charge in [0.05, 0.1) is 17.1 Å². The van der Waals surface area contributed by atoms with Gasteiger partial charge in [0.25, 0.3) is 11.5 Å². The smallest absolute Gasteiger partial charge is 0.255 e. The number of nitrogens with two attached hydrogens (primary N) is 1. The zero-order valence-corrected chi connectivity index (χ0v) is 14.2. The summed E-state index contributed by atoms with van der Waals surface area (Å²) in [6.45, 7) is 6.17. The quantitative estimate of drug-likeness (QED) is 0.803. The highest BCUT2D eigenvalue weighted by Gasteiger charge is 2.13. The minimum Gasteiger partial charge on any atom is -0.490 e. The summed E-state index contributed by atoms with van der Waals surface area (Å²) in [6.07, 6.45) is 5.63. The number of aromatic nitrogens is 1. The first-order chi connectivity index (χ1) is 11.5. The Morgan fingerprint density at radius 3 is 2.42 bits per heavy atom. The Bertz CT molecular complexity index is 737. The van der Waals surface area contributed by atoms with E-state index in [-0.39, 0.29) is 17.2 Å². The fourth-order valence-corrected chi connectivity index (χ4v) is 2.56. The molecule has 6 heteroatoms. The molecule has 1 saturated heterocycles. The zero-order chi connectivity index (χ0) is 17.5. The van der Waals surface area contributed by atoms with E-state index in [1.165, 1.54) is 38.5 Å². The standard InChI is InChI=1S/C13H14N2O3.C5H11N/c1-7(2)18-11-6-9-8(3-4-15-13(9)17)5-10(11)12(14)16;1-2-4-6-5-3-1/h3-7H,1-2H3,(H2,14,16)(H,15,17);6H,1-5H2. The average Bonchev–Trinajstić information content (AvgIpc) is 2.56. The van der Waals surface area contributed by atoms with Crippen molar-refractivity contribution in [2.24, 2.45) is 5.73 Å². The second-order valence-electron chi connectivity index (χ2n) is 6.08. The maximum absolute atomic E-state index is 11.7. The van der Waals surface area contributed by atoms with E-state index in [1.807, 2.05) is 13.8 Å². The van der Waals surface area contributed by atoms with Crippen LogP contribution in [-0.2, 0) is 0 Å². The Hall–Kier alpha value is -2.34. The van der Waals surface area contributed by atoms with Crippen LogP contribution in [0, 0.1) is 0 Å². The van der Waals surface area contributed by atoms with Crippen LogP contribution < -0.4 is 21.3 Å². The molecule has 1 amide bonds. The first-order valence-corrected chi connectivity index (χ1v) is 8.31. The van der Waals surface area contributed by atoms with Gasteiger partial charge in [0.1, 0.15) is 5.75 Å². The van der Waals surface area contributed by atoms with Crippen LogP contribution in [0.1, 0.15) is 43.5 Å². The molecule has 2 heterocycles. The summed E-state index contributed by atoms with van der Waals surface area (Å²) in [6, 6.07) is 4.83. The Labute approximate surface area is 141 Å². The second-order valence-corrected chi connectivity index (χ2v) is 6.08. The van der Waals surface area contributed by atoms with Crippen LogP contribution in [-0.4, -0.2) is 30.1 Å². The molecule has 0 atom stereocenters. The molecule has 4 N–H and O–H groups in total. The number of amides is 1. The summed E-state index contributed by atoms with van der Waals surface area (Å²) < 4.78 is 5.52. The fraction of sp³-hybridized carbons (Fsp3) is 0.444. The van der Waals surface area contributed by atoms with Gasteiger partial charge in [-0.3, -0.25) is 9.59 Å². The van der Waals surface area contributed by atoms with E-state index in [0.29, 0.717) is 16.5 Å². The predicted octanol–water partition coefficient (Wildman–Crippen LogP) is 2.17. The van der Waals surface area contributed by atoms with Crippen molar-refractivity contribution in [3.8, 4) is 5.75 Å². The monoisotopic (exact) mass is 331 g/mol. The lowest BCUT2D eigenvalue weighted by molar-refractivity contribution is 0.0995. The topological polar surface area (TPSA) is 97.2 Å². The molecule has 24 heavy (non-hydrogen) atoms. The predicted molar refractivity (Wildman–Crippen MR) is 95.6 cm³/mol. The van der Waals surface area contributed by atoms with Gasteiger partial charge in [-0.2, -0.15) is 0 Å². The van der Waals surface area contributed by atoms with Gasteiger partial charge >= 0.3 is 0 Å². The summed E-state index contributed by atoms with van der Waals surface area (Å²) >= 11 is 0. The number of carbonyl (C=O) groups excluding carboxylic acids is 1. The van der Waals surface area contributed by atoms with E-state index in [4.69, 9.17) is 10.5 Å². The molecule has 1 aromatic carbocycles. The lowest BCUT2D eigenvalue weighted by atomic mass is 10.1. The third-order valence-electron chi connectivity index (χ3n) is 3.71. The molecule has 1 aromatic heterocycles. The molecule has 130 valence electrons. The van der Waals surface area contributed by atoms with Crippen LogP contribution in [0.15, 0.2) is 29.2 Å². The Kier molecular flexibility index (Phi) is 6.37. The number of hydrogen-bond acceptors (Lipinski definition) is 4. The molecule has 2 aromatic rings. The Morgan fingerprint density at radius 1 is 1.21 bits per heavy atom. The molecule has 0 unspecified atom stereocenters. The molecular weight excluding hydrogens is 306 g/mol. The van der Waals surface area contributed by atoms with Crippen molar-refractivity contribution in [1.29, 1.82) is 0 Å².